The summed E-state index contributed by atoms with van der Waals surface area (Å²) in [5.74, 6) is -14.9. The molecule has 0 radical (unpaired) electrons. The van der Waals surface area contributed by atoms with Crippen LogP contribution in [0.3, 0.4) is 0 Å². The molecule has 0 aliphatic carbocycles. The zero-order valence-electron chi connectivity index (χ0n) is 66.0. The fourth-order valence-corrected chi connectivity index (χ4v) is 13.4. The molecule has 1 aliphatic heterocycles. The summed E-state index contributed by atoms with van der Waals surface area (Å²) in [7, 11) is 0. The molecule has 41 heteroatoms. The molecule has 6 rings (SSSR count). The lowest BCUT2D eigenvalue weighted by molar-refractivity contribution is -0.142. The number of para-hydroxylation sites is 1. The van der Waals surface area contributed by atoms with Gasteiger partial charge in [0, 0.05) is 81.1 Å². The fraction of sp³-hybridized carbons (Fsp3) is 0.500. The van der Waals surface area contributed by atoms with E-state index in [-0.39, 0.29) is 102 Å². The number of primary amides is 1. The van der Waals surface area contributed by atoms with E-state index in [0.717, 1.165) is 6.92 Å². The minimum Gasteiger partial charge on any atom is -0.508 e. The lowest BCUT2D eigenvalue weighted by atomic mass is 10.0. The van der Waals surface area contributed by atoms with Crippen molar-refractivity contribution in [1.29, 1.82) is 5.41 Å². The Morgan fingerprint density at radius 1 is 0.580 bits per heavy atom. The van der Waals surface area contributed by atoms with Crippen LogP contribution in [0.4, 0.5) is 0 Å². The van der Waals surface area contributed by atoms with E-state index in [1.807, 2.05) is 0 Å². The highest BCUT2D eigenvalue weighted by molar-refractivity contribution is 7.98. The lowest BCUT2D eigenvalue weighted by Gasteiger charge is -2.30. The number of carboxylic acid groups (broad SMARTS) is 1. The van der Waals surface area contributed by atoms with Gasteiger partial charge in [-0.2, -0.15) is 11.8 Å². The predicted molar refractivity (Wildman–Crippen MR) is 438 cm³/mol. The number of nitrogens with two attached hydrogens (primary N) is 3. The Balaban J connectivity index is 0.0000252. The van der Waals surface area contributed by atoms with Crippen molar-refractivity contribution in [3.05, 3.63) is 120 Å². The van der Waals surface area contributed by atoms with E-state index < -0.39 is 206 Å². The van der Waals surface area contributed by atoms with Gasteiger partial charge in [0.1, 0.15) is 78.3 Å². The number of aliphatic carboxylic acids is 1. The number of nitrogens with one attached hydrogen (secondary N) is 16. The van der Waals surface area contributed by atoms with Gasteiger partial charge in [0.2, 0.25) is 82.7 Å². The minimum absolute atomic E-state index is 0. The fourth-order valence-electron chi connectivity index (χ4n) is 12.9. The SMILES string of the molecule is C.CSCC[C@H](NC(=O)[C@H](CO)NC(=O)[C@H](Cc1ccc(O)cc1)NC(=O)[C@H](CO)NC(C)=O)C(=O)N[C@@H](CCC(=O)O)C(=O)N[C@@H](Cc1cnc[nH]1)C(=O)N[C@@H](Cc1ccccc1)C(=O)N[C@@H](CCCNC(=N)N)C(=O)N[C@@H](Cc1c[nH]c2ccccc12)C(=O)NCC(=O)N[C@@H](CCCCN)C(=O)N1CCC[C@H]1C(=O)N[C@H](C(N)=O)C(C)C. The van der Waals surface area contributed by atoms with Crippen LogP contribution in [0.15, 0.2) is 97.6 Å². The summed E-state index contributed by atoms with van der Waals surface area (Å²) in [4.78, 5) is 220. The maximum Gasteiger partial charge on any atom is 0.303 e. The van der Waals surface area contributed by atoms with E-state index in [1.165, 1.54) is 53.5 Å². The molecule has 26 N–H and O–H groups in total. The first-order valence-electron chi connectivity index (χ1n) is 38.5. The first-order chi connectivity index (χ1) is 56.3. The number of unbranched alkanes of at least 4 members (excludes halogenated alkanes) is 1. The van der Waals surface area contributed by atoms with Gasteiger partial charge < -0.3 is 122 Å². The Labute approximate surface area is 691 Å². The summed E-state index contributed by atoms with van der Waals surface area (Å²) in [5.41, 5.74) is 19.3. The highest BCUT2D eigenvalue weighted by Gasteiger charge is 2.41. The Morgan fingerprint density at radius 2 is 1.09 bits per heavy atom. The summed E-state index contributed by atoms with van der Waals surface area (Å²) >= 11 is 1.23. The quantitative estimate of drug-likeness (QED) is 0.0101. The second-order valence-corrected chi connectivity index (χ2v) is 29.6. The number of likely N-dealkylation sites (tertiary alicyclic amines) is 1. The average Bonchev–Trinajstić information content (AvgIpc) is 1.72. The first-order valence-corrected chi connectivity index (χ1v) is 39.9. The summed E-state index contributed by atoms with van der Waals surface area (Å²) < 4.78 is 0. The molecular formula is C78H113N21O19S. The normalized spacial score (nSPS) is 15.1. The molecule has 12 atom stereocenters. The van der Waals surface area contributed by atoms with Crippen molar-refractivity contribution in [1.82, 2.24) is 89.0 Å². The Morgan fingerprint density at radius 3 is 1.63 bits per heavy atom. The Kier molecular flexibility index (Phi) is 40.7. The van der Waals surface area contributed by atoms with Crippen LogP contribution < -0.4 is 86.3 Å². The maximum atomic E-state index is 15.2. The van der Waals surface area contributed by atoms with Gasteiger partial charge in [-0.1, -0.05) is 81.9 Å². The number of imidazole rings is 1. The molecule has 2 aromatic heterocycles. The molecule has 1 saturated heterocycles. The van der Waals surface area contributed by atoms with Crippen LogP contribution in [0.25, 0.3) is 10.9 Å². The van der Waals surface area contributed by atoms with Crippen molar-refractivity contribution in [2.75, 3.05) is 51.4 Å². The zero-order valence-corrected chi connectivity index (χ0v) is 66.9. The smallest absolute Gasteiger partial charge is 0.303 e. The number of carboxylic acids is 1. The van der Waals surface area contributed by atoms with Crippen molar-refractivity contribution >= 4 is 117 Å². The van der Waals surface area contributed by atoms with E-state index in [9.17, 15) is 78.0 Å². The summed E-state index contributed by atoms with van der Waals surface area (Å²) in [6.07, 6.45) is 4.64. The van der Waals surface area contributed by atoms with Crippen molar-refractivity contribution in [2.45, 2.75) is 191 Å². The van der Waals surface area contributed by atoms with Crippen LogP contribution in [0.1, 0.15) is 115 Å². The number of rotatable bonds is 50. The second-order valence-electron chi connectivity index (χ2n) is 28.7. The molecule has 650 valence electrons. The van der Waals surface area contributed by atoms with Crippen LogP contribution in [0, 0.1) is 11.3 Å². The number of guanidine groups is 1. The third-order valence-corrected chi connectivity index (χ3v) is 19.9. The molecule has 1 fully saturated rings. The Bertz CT molecular complexity index is 4250. The first kappa shape index (κ1) is 97.3. The molecular weight excluding hydrogens is 1570 g/mol. The number of fused-ring (bicyclic) bond motifs is 1. The number of aromatic amines is 2. The number of aliphatic hydroxyl groups excluding tert-OH is 2. The van der Waals surface area contributed by atoms with E-state index in [2.05, 4.69) is 84.1 Å². The van der Waals surface area contributed by atoms with E-state index in [0.29, 0.717) is 46.9 Å². The summed E-state index contributed by atoms with van der Waals surface area (Å²) in [6, 6.07) is 2.94. The molecule has 119 heavy (non-hydrogen) atoms. The molecule has 5 aromatic rings. The minimum atomic E-state index is -1.84. The van der Waals surface area contributed by atoms with E-state index >= 15 is 14.4 Å². The van der Waals surface area contributed by atoms with Gasteiger partial charge in [0.15, 0.2) is 5.96 Å². The number of thioether (sulfide) groups is 1. The summed E-state index contributed by atoms with van der Waals surface area (Å²) in [6.45, 7) is 2.20. The highest BCUT2D eigenvalue weighted by Crippen LogP contribution is 2.23. The molecule has 0 bridgehead atoms. The average molecular weight is 1680 g/mol. The largest absolute Gasteiger partial charge is 0.508 e. The molecule has 3 heterocycles. The molecule has 0 saturated carbocycles. The van der Waals surface area contributed by atoms with Crippen LogP contribution in [-0.4, -0.2) is 259 Å². The molecule has 40 nitrogen and oxygen atoms in total. The summed E-state index contributed by atoms with van der Waals surface area (Å²) in [5, 5.41) is 81.9. The number of aromatic hydroxyl groups is 1. The molecule has 0 spiro atoms. The van der Waals surface area contributed by atoms with Crippen LogP contribution in [0.2, 0.25) is 0 Å². The molecule has 14 amide bonds. The van der Waals surface area contributed by atoms with Gasteiger partial charge in [0.05, 0.1) is 26.1 Å². The number of benzene rings is 3. The van der Waals surface area contributed by atoms with Crippen LogP contribution in [-0.2, 0) is 97.6 Å². The Hall–Kier alpha value is -12.2. The van der Waals surface area contributed by atoms with Crippen molar-refractivity contribution in [3.63, 3.8) is 0 Å². The van der Waals surface area contributed by atoms with Gasteiger partial charge in [-0.15, -0.1) is 0 Å². The highest BCUT2D eigenvalue weighted by atomic mass is 32.2. The van der Waals surface area contributed by atoms with Gasteiger partial charge in [-0.25, -0.2) is 4.98 Å². The number of phenols is 1. The number of hydrogen-bond donors (Lipinski definition) is 23. The maximum absolute atomic E-state index is 15.2. The van der Waals surface area contributed by atoms with Crippen molar-refractivity contribution < 1.29 is 92.3 Å². The van der Waals surface area contributed by atoms with Gasteiger partial charge >= 0.3 is 5.97 Å². The molecule has 1 aliphatic rings. The standard InChI is InChI=1S/C77H109N21O19S.CH4/c1-42(2)64(65(79)106)97-75(116)61-20-13-30-98(61)76(117)54(18-10-11-28-78)88-62(103)38-85-66(107)57(34-46-36-84-50-17-9-8-16-49(46)50)94-67(108)51(19-12-29-83-77(80)81)89-70(111)55(32-44-14-6-5-7-15-44)92-72(113)58(35-47-37-82-41-86-47)95-68(109)52(25-26-63(104)105)90-69(110)53(27-31-118-4)91-74(115)60(40-100)96-71(112)56(33-45-21-23-48(102)24-22-45)93-73(114)59(39-99)87-43(3)101;/h5-9,14-17,21-24,36-37,41-42,51-61,64,84,99-100,102H,10-13,18-20,25-35,38-40,78H2,1-4H3,(H2,79,106)(H,82,86)(H,85,107)(H,87,101)(H,88,103)(H,89,111)(H,90,110)(H,91,115)(H,92,113)(H,93,114)(H,94,108)(H,95,109)(H,96,112)(H,97,116)(H,104,105)(H4,80,81,83);1H4/t51-,52-,53-,54-,55-,56-,57-,58-,59-,60-,61-,64-;/m0./s1. The number of aliphatic hydroxyl groups is 2. The number of H-pyrrole nitrogens is 2. The van der Waals surface area contributed by atoms with Crippen LogP contribution in [0.5, 0.6) is 5.75 Å². The monoisotopic (exact) mass is 1680 g/mol. The number of nitrogens with zero attached hydrogens (tertiary/aromatic N) is 2. The number of amides is 14. The van der Waals surface area contributed by atoms with Crippen molar-refractivity contribution in [2.24, 2.45) is 23.1 Å². The number of hydrogen-bond acceptors (Lipinski definition) is 22. The third-order valence-electron chi connectivity index (χ3n) is 19.2. The third kappa shape index (κ3) is 32.0. The number of phenolic OH excluding ortho intramolecular Hbond substituents is 1. The van der Waals surface area contributed by atoms with Crippen LogP contribution >= 0.6 is 11.8 Å². The van der Waals surface area contributed by atoms with Gasteiger partial charge in [0.25, 0.3) is 0 Å². The van der Waals surface area contributed by atoms with Crippen molar-refractivity contribution in [3.8, 4) is 5.75 Å². The van der Waals surface area contributed by atoms with Gasteiger partial charge in [-0.3, -0.25) is 77.3 Å². The predicted octanol–water partition coefficient (Wildman–Crippen LogP) is -3.90. The number of carbonyl (C=O) groups excluding carboxylic acids is 14. The molecule has 0 unspecified atom stereocenters. The van der Waals surface area contributed by atoms with Gasteiger partial charge in [-0.05, 0) is 117 Å². The van der Waals surface area contributed by atoms with E-state index in [4.69, 9.17) is 22.6 Å². The molecule has 3 aromatic carbocycles. The zero-order chi connectivity index (χ0) is 86.5. The second kappa shape index (κ2) is 49.7. The van der Waals surface area contributed by atoms with E-state index in [1.54, 1.807) is 80.9 Å². The number of aromatic nitrogens is 3. The topological polar surface area (TPSA) is 643 Å². The lowest BCUT2D eigenvalue weighted by Crippen LogP contribution is -2.61. The number of carbonyl (C=O) groups is 15.